The molecule has 0 bridgehead atoms. The van der Waals surface area contributed by atoms with Crippen LogP contribution in [0.15, 0.2) is 42.5 Å². The van der Waals surface area contributed by atoms with E-state index in [1.54, 1.807) is 0 Å². The summed E-state index contributed by atoms with van der Waals surface area (Å²) in [5.41, 5.74) is 4.20. The number of anilines is 1. The van der Waals surface area contributed by atoms with Crippen LogP contribution < -0.4 is 10.2 Å². The Morgan fingerprint density at radius 2 is 1.70 bits per heavy atom. The smallest absolute Gasteiger partial charge is 0.371 e. The average molecular weight is 521 g/mol. The third-order valence-corrected chi connectivity index (χ3v) is 8.14. The van der Waals surface area contributed by atoms with Crippen LogP contribution in [0.2, 0.25) is 0 Å². The number of aromatic nitrogens is 1. The van der Waals surface area contributed by atoms with E-state index in [1.165, 1.54) is 29.0 Å². The van der Waals surface area contributed by atoms with Gasteiger partial charge in [-0.1, -0.05) is 18.2 Å². The Hall–Kier alpha value is -2.65. The molecule has 0 amide bonds. The highest BCUT2D eigenvalue weighted by molar-refractivity contribution is 5.84. The van der Waals surface area contributed by atoms with E-state index in [0.717, 1.165) is 61.7 Å². The number of H-pyrrole nitrogens is 1. The summed E-state index contributed by atoms with van der Waals surface area (Å²) in [6, 6.07) is 11.6. The van der Waals surface area contributed by atoms with Gasteiger partial charge in [0.25, 0.3) is 0 Å². The highest BCUT2D eigenvalue weighted by Crippen LogP contribution is 2.38. The second kappa shape index (κ2) is 10.3. The Bertz CT molecular complexity index is 1200. The van der Waals surface area contributed by atoms with E-state index >= 15 is 0 Å². The number of para-hydroxylation sites is 1. The number of aromatic amines is 1. The molecule has 4 heterocycles. The van der Waals surface area contributed by atoms with Gasteiger partial charge in [0.05, 0.1) is 6.54 Å². The number of nitrogens with zero attached hydrogens (tertiary/aromatic N) is 2. The quantitative estimate of drug-likeness (QED) is 0.406. The minimum Gasteiger partial charge on any atom is -0.371 e. The lowest BCUT2D eigenvalue weighted by molar-refractivity contribution is -0.152. The van der Waals surface area contributed by atoms with Crippen LogP contribution in [0.5, 0.6) is 0 Å². The molecule has 200 valence electrons. The lowest BCUT2D eigenvalue weighted by atomic mass is 9.78. The molecule has 2 aromatic carbocycles. The average Bonchev–Trinajstić information content (AvgIpc) is 3.43. The van der Waals surface area contributed by atoms with Gasteiger partial charge in [0.1, 0.15) is 11.6 Å². The van der Waals surface area contributed by atoms with Crippen molar-refractivity contribution in [1.82, 2.24) is 15.2 Å². The molecule has 0 saturated carbocycles. The molecule has 37 heavy (non-hydrogen) atoms. The van der Waals surface area contributed by atoms with Crippen molar-refractivity contribution in [3.05, 3.63) is 65.4 Å². The Labute approximate surface area is 213 Å². The number of piperidine rings is 1. The third-order valence-electron chi connectivity index (χ3n) is 8.14. The van der Waals surface area contributed by atoms with E-state index in [2.05, 4.69) is 15.2 Å². The second-order valence-electron chi connectivity index (χ2n) is 10.7. The Morgan fingerprint density at radius 3 is 2.35 bits per heavy atom. The predicted molar refractivity (Wildman–Crippen MR) is 136 cm³/mol. The minimum absolute atomic E-state index is 0.0895. The summed E-state index contributed by atoms with van der Waals surface area (Å²) in [5, 5.41) is 4.55. The van der Waals surface area contributed by atoms with E-state index in [9.17, 15) is 22.0 Å². The Kier molecular flexibility index (Phi) is 7.20. The Morgan fingerprint density at radius 1 is 1.00 bits per heavy atom. The van der Waals surface area contributed by atoms with E-state index in [-0.39, 0.29) is 6.04 Å². The highest BCUT2D eigenvalue weighted by atomic mass is 19.4. The first kappa shape index (κ1) is 26.0. The van der Waals surface area contributed by atoms with Crippen LogP contribution in [0.4, 0.5) is 27.6 Å². The number of alkyl halides is 3. The summed E-state index contributed by atoms with van der Waals surface area (Å²) in [6.45, 7) is 5.34. The SMILES string of the molecule is CC1Cc2c([nH]c3ccccc23)CN1CC(F)(F)F.Fc1cc(F)cc(N2CCC3(CCNC3)CC2)c1. The molecule has 2 fully saturated rings. The molecule has 3 aromatic rings. The molecular formula is C28H33F5N4. The van der Waals surface area contributed by atoms with Crippen LogP contribution in [0.1, 0.15) is 37.4 Å². The van der Waals surface area contributed by atoms with Gasteiger partial charge >= 0.3 is 6.18 Å². The molecule has 2 N–H and O–H groups in total. The summed E-state index contributed by atoms with van der Waals surface area (Å²) in [5.74, 6) is -0.986. The van der Waals surface area contributed by atoms with Crippen LogP contribution in [0, 0.1) is 17.0 Å². The zero-order valence-electron chi connectivity index (χ0n) is 21.0. The molecule has 2 saturated heterocycles. The molecule has 1 atom stereocenters. The second-order valence-corrected chi connectivity index (χ2v) is 10.7. The van der Waals surface area contributed by atoms with Gasteiger partial charge in [-0.2, -0.15) is 13.2 Å². The number of benzene rings is 2. The summed E-state index contributed by atoms with van der Waals surface area (Å²) < 4.78 is 64.0. The van der Waals surface area contributed by atoms with Crippen LogP contribution in [-0.2, 0) is 13.0 Å². The fourth-order valence-electron chi connectivity index (χ4n) is 6.03. The monoisotopic (exact) mass is 520 g/mol. The van der Waals surface area contributed by atoms with Crippen LogP contribution in [0.25, 0.3) is 10.9 Å². The maximum atomic E-state index is 13.2. The first-order valence-electron chi connectivity index (χ1n) is 12.9. The predicted octanol–water partition coefficient (Wildman–Crippen LogP) is 6.02. The van der Waals surface area contributed by atoms with E-state index in [4.69, 9.17) is 0 Å². The van der Waals surface area contributed by atoms with Gasteiger partial charge in [0.2, 0.25) is 0 Å². The minimum atomic E-state index is -4.14. The normalized spacial score (nSPS) is 21.7. The number of hydrogen-bond acceptors (Lipinski definition) is 3. The zero-order valence-corrected chi connectivity index (χ0v) is 21.0. The molecular weight excluding hydrogens is 487 g/mol. The van der Waals surface area contributed by atoms with Gasteiger partial charge in [-0.3, -0.25) is 4.90 Å². The molecule has 0 radical (unpaired) electrons. The van der Waals surface area contributed by atoms with Gasteiger partial charge in [-0.25, -0.2) is 8.78 Å². The summed E-state index contributed by atoms with van der Waals surface area (Å²) in [6.07, 6.45) is -0.0260. The van der Waals surface area contributed by atoms with E-state index in [0.29, 0.717) is 24.1 Å². The number of nitrogens with one attached hydrogen (secondary N) is 2. The van der Waals surface area contributed by atoms with Gasteiger partial charge in [-0.05, 0) is 68.3 Å². The molecule has 1 aromatic heterocycles. The van der Waals surface area contributed by atoms with Gasteiger partial charge in [0, 0.05) is 60.6 Å². The topological polar surface area (TPSA) is 34.3 Å². The van der Waals surface area contributed by atoms with Crippen molar-refractivity contribution in [2.24, 2.45) is 5.41 Å². The van der Waals surface area contributed by atoms with Gasteiger partial charge in [0.15, 0.2) is 0 Å². The lowest BCUT2D eigenvalue weighted by Crippen LogP contribution is -2.43. The van der Waals surface area contributed by atoms with Crippen molar-refractivity contribution in [3.63, 3.8) is 0 Å². The molecule has 4 nitrogen and oxygen atoms in total. The van der Waals surface area contributed by atoms with E-state index in [1.807, 2.05) is 31.2 Å². The molecule has 1 spiro atoms. The van der Waals surface area contributed by atoms with Crippen LogP contribution in [-0.4, -0.2) is 54.8 Å². The number of hydrogen-bond donors (Lipinski definition) is 2. The van der Waals surface area contributed by atoms with Gasteiger partial charge in [-0.15, -0.1) is 0 Å². The lowest BCUT2D eigenvalue weighted by Gasteiger charge is -2.40. The first-order valence-corrected chi connectivity index (χ1v) is 12.9. The maximum absolute atomic E-state index is 13.2. The van der Waals surface area contributed by atoms with Crippen LogP contribution in [0.3, 0.4) is 0 Å². The molecule has 3 aliphatic heterocycles. The molecule has 3 aliphatic rings. The number of rotatable bonds is 2. The van der Waals surface area contributed by atoms with Crippen LogP contribution >= 0.6 is 0 Å². The van der Waals surface area contributed by atoms with Crippen molar-refractivity contribution in [3.8, 4) is 0 Å². The standard InChI is InChI=1S/C14H15F3N2.C14H18F2N2/c1-9-6-11-10-4-2-3-5-12(10)18-13(11)7-19(9)8-14(15,16)17;15-11-7-12(16)9-13(8-11)18-5-2-14(3-6-18)1-4-17-10-14/h2-5,9,18H,6-8H2,1H3;7-9,17H,1-6,10H2. The third kappa shape index (κ3) is 5.93. The van der Waals surface area contributed by atoms with Gasteiger partial charge < -0.3 is 15.2 Å². The maximum Gasteiger partial charge on any atom is 0.401 e. The Balaban J connectivity index is 0.000000152. The fraction of sp³-hybridized carbons (Fsp3) is 0.500. The summed E-state index contributed by atoms with van der Waals surface area (Å²) >= 11 is 0. The molecule has 9 heteroatoms. The molecule has 1 unspecified atom stereocenters. The number of halogens is 5. The largest absolute Gasteiger partial charge is 0.401 e. The first-order chi connectivity index (χ1) is 17.6. The highest BCUT2D eigenvalue weighted by Gasteiger charge is 2.37. The summed E-state index contributed by atoms with van der Waals surface area (Å²) in [7, 11) is 0. The fourth-order valence-corrected chi connectivity index (χ4v) is 6.03. The van der Waals surface area contributed by atoms with E-state index < -0.39 is 24.4 Å². The zero-order chi connectivity index (χ0) is 26.2. The van der Waals surface area contributed by atoms with Crippen molar-refractivity contribution in [2.45, 2.75) is 51.4 Å². The van der Waals surface area contributed by atoms with Crippen molar-refractivity contribution >= 4 is 16.6 Å². The van der Waals surface area contributed by atoms with Crippen molar-refractivity contribution < 1.29 is 22.0 Å². The molecule has 0 aliphatic carbocycles. The van der Waals surface area contributed by atoms with Crippen molar-refractivity contribution in [1.29, 1.82) is 0 Å². The van der Waals surface area contributed by atoms with Crippen molar-refractivity contribution in [2.75, 3.05) is 37.6 Å². The summed E-state index contributed by atoms with van der Waals surface area (Å²) in [4.78, 5) is 6.82. The number of fused-ring (bicyclic) bond motifs is 3. The molecule has 6 rings (SSSR count).